The van der Waals surface area contributed by atoms with E-state index in [0.717, 1.165) is 23.4 Å². The van der Waals surface area contributed by atoms with Gasteiger partial charge in [-0.3, -0.25) is 9.89 Å². The van der Waals surface area contributed by atoms with E-state index in [2.05, 4.69) is 53.6 Å². The van der Waals surface area contributed by atoms with E-state index in [0.29, 0.717) is 32.0 Å². The summed E-state index contributed by atoms with van der Waals surface area (Å²) in [6, 6.07) is 10.3. The van der Waals surface area contributed by atoms with Gasteiger partial charge < -0.3 is 15.3 Å². The number of aliphatic hydroxyl groups is 1. The number of nitrogens with zero attached hydrogens (tertiary/aromatic N) is 2. The van der Waals surface area contributed by atoms with E-state index in [-0.39, 0.29) is 12.5 Å². The summed E-state index contributed by atoms with van der Waals surface area (Å²) < 4.78 is 0. The van der Waals surface area contributed by atoms with Crippen molar-refractivity contribution in [3.63, 3.8) is 0 Å². The Bertz CT molecular complexity index is 769. The zero-order valence-corrected chi connectivity index (χ0v) is 16.5. The highest BCUT2D eigenvalue weighted by Crippen LogP contribution is 2.24. The maximum Gasteiger partial charge on any atom is 0.256 e. The third-order valence-electron chi connectivity index (χ3n) is 5.21. The third-order valence-corrected chi connectivity index (χ3v) is 5.21. The van der Waals surface area contributed by atoms with Crippen LogP contribution in [0.5, 0.6) is 0 Å². The van der Waals surface area contributed by atoms with E-state index >= 15 is 0 Å². The molecule has 6 heteroatoms. The fraction of sp³-hybridized carbons (Fsp3) is 0.524. The Hall–Kier alpha value is -2.18. The van der Waals surface area contributed by atoms with Gasteiger partial charge in [0.15, 0.2) is 5.60 Å². The molecular weight excluding hydrogens is 340 g/mol. The molecule has 1 aliphatic heterocycles. The fourth-order valence-corrected chi connectivity index (χ4v) is 3.57. The van der Waals surface area contributed by atoms with Gasteiger partial charge in [-0.15, -0.1) is 0 Å². The second kappa shape index (κ2) is 8.23. The van der Waals surface area contributed by atoms with Gasteiger partial charge in [0, 0.05) is 31.9 Å². The van der Waals surface area contributed by atoms with Crippen LogP contribution in [0.3, 0.4) is 0 Å². The van der Waals surface area contributed by atoms with Crippen molar-refractivity contribution in [3.8, 4) is 0 Å². The highest BCUT2D eigenvalue weighted by atomic mass is 16.3. The van der Waals surface area contributed by atoms with Crippen LogP contribution >= 0.6 is 0 Å². The van der Waals surface area contributed by atoms with Gasteiger partial charge in [0.2, 0.25) is 0 Å². The van der Waals surface area contributed by atoms with Crippen LogP contribution in [0.15, 0.2) is 30.3 Å². The lowest BCUT2D eigenvalue weighted by atomic mass is 9.91. The Labute approximate surface area is 161 Å². The van der Waals surface area contributed by atoms with Crippen molar-refractivity contribution in [2.45, 2.75) is 58.2 Å². The zero-order chi connectivity index (χ0) is 19.4. The SMILES string of the molecule is Cc1cc(CNCC2(O)CCCN(Cc3ccc(C(C)C)cc3)C2=O)n[nH]1. The molecule has 1 amide bonds. The van der Waals surface area contributed by atoms with E-state index in [4.69, 9.17) is 0 Å². The number of hydrogen-bond donors (Lipinski definition) is 3. The van der Waals surface area contributed by atoms with E-state index in [1.807, 2.05) is 13.0 Å². The van der Waals surface area contributed by atoms with Gasteiger partial charge in [-0.1, -0.05) is 38.1 Å². The monoisotopic (exact) mass is 370 g/mol. The molecule has 0 bridgehead atoms. The first-order valence-corrected chi connectivity index (χ1v) is 9.69. The maximum atomic E-state index is 12.9. The van der Waals surface area contributed by atoms with Crippen molar-refractivity contribution in [2.24, 2.45) is 0 Å². The lowest BCUT2D eigenvalue weighted by molar-refractivity contribution is -0.157. The van der Waals surface area contributed by atoms with Crippen molar-refractivity contribution in [1.82, 2.24) is 20.4 Å². The number of hydrogen-bond acceptors (Lipinski definition) is 4. The minimum atomic E-state index is -1.35. The minimum absolute atomic E-state index is 0.188. The van der Waals surface area contributed by atoms with Crippen LogP contribution in [0.1, 0.15) is 55.1 Å². The van der Waals surface area contributed by atoms with Crippen LogP contribution in [0.25, 0.3) is 0 Å². The lowest BCUT2D eigenvalue weighted by Crippen LogP contribution is -2.57. The number of carbonyl (C=O) groups is 1. The number of piperidine rings is 1. The van der Waals surface area contributed by atoms with Crippen molar-refractivity contribution >= 4 is 5.91 Å². The molecule has 1 unspecified atom stereocenters. The summed E-state index contributed by atoms with van der Waals surface area (Å²) in [5, 5.41) is 21.1. The van der Waals surface area contributed by atoms with Gasteiger partial charge in [-0.25, -0.2) is 0 Å². The number of amides is 1. The third kappa shape index (κ3) is 4.76. The van der Waals surface area contributed by atoms with Crippen LogP contribution in [0.2, 0.25) is 0 Å². The van der Waals surface area contributed by atoms with E-state index in [1.54, 1.807) is 4.90 Å². The first-order valence-electron chi connectivity index (χ1n) is 9.69. The highest BCUT2D eigenvalue weighted by molar-refractivity contribution is 5.86. The average molecular weight is 370 g/mol. The quantitative estimate of drug-likeness (QED) is 0.699. The molecule has 146 valence electrons. The molecule has 1 atom stereocenters. The van der Waals surface area contributed by atoms with Gasteiger partial charge in [0.1, 0.15) is 0 Å². The van der Waals surface area contributed by atoms with E-state index in [1.165, 1.54) is 5.56 Å². The Morgan fingerprint density at radius 3 is 2.70 bits per heavy atom. The topological polar surface area (TPSA) is 81.2 Å². The molecule has 1 saturated heterocycles. The number of aromatic nitrogens is 2. The van der Waals surface area contributed by atoms with E-state index < -0.39 is 5.60 Å². The highest BCUT2D eigenvalue weighted by Gasteiger charge is 2.41. The minimum Gasteiger partial charge on any atom is -0.379 e. The maximum absolute atomic E-state index is 12.9. The van der Waals surface area contributed by atoms with E-state index in [9.17, 15) is 9.90 Å². The van der Waals surface area contributed by atoms with Crippen molar-refractivity contribution in [3.05, 3.63) is 52.8 Å². The summed E-state index contributed by atoms with van der Waals surface area (Å²) in [6.45, 7) is 8.27. The standard InChI is InChI=1S/C21H30N4O2/c1-15(2)18-7-5-17(6-8-18)13-25-10-4-9-21(27,20(25)26)14-22-12-19-11-16(3)23-24-19/h5-8,11,15,22,27H,4,9-10,12-14H2,1-3H3,(H,23,24). The lowest BCUT2D eigenvalue weighted by Gasteiger charge is -2.38. The Balaban J connectivity index is 1.58. The van der Waals surface area contributed by atoms with Crippen LogP contribution < -0.4 is 5.32 Å². The summed E-state index contributed by atoms with van der Waals surface area (Å²) >= 11 is 0. The van der Waals surface area contributed by atoms with Crippen molar-refractivity contribution < 1.29 is 9.90 Å². The number of aromatic amines is 1. The van der Waals surface area contributed by atoms with Crippen molar-refractivity contribution in [1.29, 1.82) is 0 Å². The van der Waals surface area contributed by atoms with Crippen LogP contribution in [0, 0.1) is 6.92 Å². The molecule has 3 N–H and O–H groups in total. The first kappa shape index (κ1) is 19.6. The second-order valence-electron chi connectivity index (χ2n) is 7.90. The largest absolute Gasteiger partial charge is 0.379 e. The molecule has 27 heavy (non-hydrogen) atoms. The van der Waals surface area contributed by atoms with Crippen LogP contribution in [-0.2, 0) is 17.9 Å². The number of rotatable bonds is 7. The number of benzene rings is 1. The molecule has 0 saturated carbocycles. The number of carbonyl (C=O) groups excluding carboxylic acids is 1. The molecule has 1 aliphatic rings. The summed E-state index contributed by atoms with van der Waals surface area (Å²) in [7, 11) is 0. The van der Waals surface area contributed by atoms with Gasteiger partial charge in [0.25, 0.3) is 5.91 Å². The van der Waals surface area contributed by atoms with Crippen molar-refractivity contribution in [2.75, 3.05) is 13.1 Å². The first-order chi connectivity index (χ1) is 12.9. The molecule has 0 radical (unpaired) electrons. The normalized spacial score (nSPS) is 20.5. The molecule has 1 fully saturated rings. The zero-order valence-electron chi connectivity index (χ0n) is 16.5. The molecule has 6 nitrogen and oxygen atoms in total. The second-order valence-corrected chi connectivity index (χ2v) is 7.90. The molecule has 1 aromatic carbocycles. The number of aryl methyl sites for hydroxylation is 1. The molecule has 0 aliphatic carbocycles. The smallest absolute Gasteiger partial charge is 0.256 e. The average Bonchev–Trinajstić information content (AvgIpc) is 3.05. The van der Waals surface area contributed by atoms with Gasteiger partial charge in [-0.2, -0.15) is 5.10 Å². The van der Waals surface area contributed by atoms with Gasteiger partial charge >= 0.3 is 0 Å². The number of nitrogens with one attached hydrogen (secondary N) is 2. The summed E-state index contributed by atoms with van der Waals surface area (Å²) in [4.78, 5) is 14.7. The number of H-pyrrole nitrogens is 1. The summed E-state index contributed by atoms with van der Waals surface area (Å²) in [5.41, 5.74) is 2.91. The van der Waals surface area contributed by atoms with Gasteiger partial charge in [0.05, 0.1) is 5.69 Å². The summed E-state index contributed by atoms with van der Waals surface area (Å²) in [6.07, 6.45) is 1.29. The molecule has 3 rings (SSSR count). The van der Waals surface area contributed by atoms with Crippen LogP contribution in [-0.4, -0.2) is 44.8 Å². The van der Waals surface area contributed by atoms with Gasteiger partial charge in [-0.05, 0) is 42.9 Å². The molecule has 2 aromatic rings. The molecule has 2 heterocycles. The predicted molar refractivity (Wildman–Crippen MR) is 105 cm³/mol. The molecule has 0 spiro atoms. The molecular formula is C21H30N4O2. The predicted octanol–water partition coefficient (Wildman–Crippen LogP) is 2.48. The molecule has 1 aromatic heterocycles. The summed E-state index contributed by atoms with van der Waals surface area (Å²) in [5.74, 6) is 0.303. The Morgan fingerprint density at radius 2 is 2.07 bits per heavy atom. The van der Waals surface area contributed by atoms with Crippen LogP contribution in [0.4, 0.5) is 0 Å². The Morgan fingerprint density at radius 1 is 1.33 bits per heavy atom. The fourth-order valence-electron chi connectivity index (χ4n) is 3.57. The number of likely N-dealkylation sites (tertiary alicyclic amines) is 1. The Kier molecular flexibility index (Phi) is 5.97.